The van der Waals surface area contributed by atoms with Crippen molar-refractivity contribution in [2.75, 3.05) is 13.2 Å². The molecule has 0 aliphatic heterocycles. The van der Waals surface area contributed by atoms with Gasteiger partial charge in [-0.2, -0.15) is 0 Å². The Morgan fingerprint density at radius 2 is 0.771 bits per heavy atom. The molecule has 0 aromatic carbocycles. The normalized spacial score (nSPS) is 13.0. The second-order valence-electron chi connectivity index (χ2n) is 20.7. The Morgan fingerprint density at radius 3 is 1.21 bits per heavy atom. The highest BCUT2D eigenvalue weighted by molar-refractivity contribution is 5.76. The number of esters is 1. The van der Waals surface area contributed by atoms with Gasteiger partial charge in [-0.3, -0.25) is 9.59 Å². The van der Waals surface area contributed by atoms with E-state index in [9.17, 15) is 19.8 Å². The fourth-order valence-corrected chi connectivity index (χ4v) is 9.05. The predicted octanol–water partition coefficient (Wildman–Crippen LogP) is 19.1. The van der Waals surface area contributed by atoms with E-state index >= 15 is 0 Å². The summed E-state index contributed by atoms with van der Waals surface area (Å²) in [5, 5.41) is 23.2. The van der Waals surface area contributed by atoms with Gasteiger partial charge in [-0.1, -0.05) is 267 Å². The molecule has 6 heteroatoms. The van der Waals surface area contributed by atoms with Crippen LogP contribution in [-0.2, 0) is 14.3 Å². The van der Waals surface area contributed by atoms with Crippen LogP contribution in [0.1, 0.15) is 309 Å². The largest absolute Gasteiger partial charge is 0.466 e. The monoisotopic (exact) mass is 980 g/mol. The summed E-state index contributed by atoms with van der Waals surface area (Å²) in [6.45, 7) is 4.82. The van der Waals surface area contributed by atoms with Crippen LogP contribution in [0.3, 0.4) is 0 Å². The third-order valence-electron chi connectivity index (χ3n) is 13.8. The molecular weight excluding hydrogens is 863 g/mol. The lowest BCUT2D eigenvalue weighted by atomic mass is 10.0. The van der Waals surface area contributed by atoms with E-state index in [0.717, 1.165) is 89.9 Å². The van der Waals surface area contributed by atoms with Crippen molar-refractivity contribution in [1.29, 1.82) is 0 Å². The first-order valence-corrected chi connectivity index (χ1v) is 30.6. The van der Waals surface area contributed by atoms with Gasteiger partial charge in [0.1, 0.15) is 0 Å². The van der Waals surface area contributed by atoms with Crippen LogP contribution in [0.2, 0.25) is 0 Å². The van der Waals surface area contributed by atoms with Crippen LogP contribution < -0.4 is 5.32 Å². The molecule has 0 saturated heterocycles. The van der Waals surface area contributed by atoms with Crippen LogP contribution in [0.15, 0.2) is 60.8 Å². The lowest BCUT2D eigenvalue weighted by Crippen LogP contribution is -2.45. The van der Waals surface area contributed by atoms with Gasteiger partial charge in [0.05, 0.1) is 25.4 Å². The highest BCUT2D eigenvalue weighted by Crippen LogP contribution is 2.16. The van der Waals surface area contributed by atoms with Gasteiger partial charge in [-0.05, 0) is 89.9 Å². The molecule has 0 radical (unpaired) electrons. The Kier molecular flexibility index (Phi) is 57.1. The van der Waals surface area contributed by atoms with Crippen LogP contribution in [0.5, 0.6) is 0 Å². The quantitative estimate of drug-likeness (QED) is 0.0244. The number of aliphatic hydroxyl groups excluding tert-OH is 2. The Bertz CT molecular complexity index is 1220. The van der Waals surface area contributed by atoms with E-state index in [4.69, 9.17) is 4.74 Å². The maximum atomic E-state index is 12.5. The zero-order valence-corrected chi connectivity index (χ0v) is 46.5. The van der Waals surface area contributed by atoms with Crippen molar-refractivity contribution < 1.29 is 24.5 Å². The predicted molar refractivity (Wildman–Crippen MR) is 305 cm³/mol. The average molecular weight is 981 g/mol. The molecule has 2 atom stereocenters. The summed E-state index contributed by atoms with van der Waals surface area (Å²) >= 11 is 0. The number of allylic oxidation sites excluding steroid dienone is 9. The lowest BCUT2D eigenvalue weighted by molar-refractivity contribution is -0.143. The Hall–Kier alpha value is -2.44. The van der Waals surface area contributed by atoms with E-state index in [-0.39, 0.29) is 18.5 Å². The fraction of sp³-hybridized carbons (Fsp3) is 0.812. The number of hydrogen-bond donors (Lipinski definition) is 3. The Balaban J connectivity index is 3.52. The molecule has 3 N–H and O–H groups in total. The second-order valence-corrected chi connectivity index (χ2v) is 20.7. The fourth-order valence-electron chi connectivity index (χ4n) is 9.05. The van der Waals surface area contributed by atoms with Gasteiger partial charge in [-0.25, -0.2) is 0 Å². The lowest BCUT2D eigenvalue weighted by Gasteiger charge is -2.20. The van der Waals surface area contributed by atoms with Crippen molar-refractivity contribution in [2.45, 2.75) is 321 Å². The molecule has 408 valence electrons. The number of unbranched alkanes of at least 4 members (excludes halogenated alkanes) is 38. The average Bonchev–Trinajstić information content (AvgIpc) is 3.36. The van der Waals surface area contributed by atoms with Crippen LogP contribution in [0.4, 0.5) is 0 Å². The summed E-state index contributed by atoms with van der Waals surface area (Å²) in [5.41, 5.74) is 0. The van der Waals surface area contributed by atoms with Gasteiger partial charge in [0.25, 0.3) is 0 Å². The van der Waals surface area contributed by atoms with Gasteiger partial charge in [0.15, 0.2) is 0 Å². The maximum Gasteiger partial charge on any atom is 0.305 e. The number of amides is 1. The number of carbonyl (C=O) groups excluding carboxylic acids is 2. The molecule has 70 heavy (non-hydrogen) atoms. The first-order chi connectivity index (χ1) is 34.5. The maximum absolute atomic E-state index is 12.5. The van der Waals surface area contributed by atoms with Crippen LogP contribution in [-0.4, -0.2) is 47.4 Å². The molecule has 0 saturated carbocycles. The first-order valence-electron chi connectivity index (χ1n) is 30.6. The summed E-state index contributed by atoms with van der Waals surface area (Å²) in [7, 11) is 0. The number of aliphatic hydroxyl groups is 2. The molecule has 0 aliphatic rings. The Morgan fingerprint density at radius 1 is 0.414 bits per heavy atom. The van der Waals surface area contributed by atoms with Crippen LogP contribution >= 0.6 is 0 Å². The molecule has 0 rings (SSSR count). The third kappa shape index (κ3) is 54.9. The topological polar surface area (TPSA) is 95.9 Å². The molecule has 0 bridgehead atoms. The number of carbonyl (C=O) groups is 2. The van der Waals surface area contributed by atoms with Crippen molar-refractivity contribution in [1.82, 2.24) is 5.32 Å². The minimum absolute atomic E-state index is 0.0292. The van der Waals surface area contributed by atoms with Gasteiger partial charge in [0.2, 0.25) is 5.91 Å². The molecule has 6 nitrogen and oxygen atoms in total. The minimum atomic E-state index is -0.854. The van der Waals surface area contributed by atoms with Crippen LogP contribution in [0, 0.1) is 0 Å². The first kappa shape index (κ1) is 67.6. The molecule has 0 fully saturated rings. The van der Waals surface area contributed by atoms with E-state index in [1.54, 1.807) is 6.08 Å². The van der Waals surface area contributed by atoms with Crippen molar-refractivity contribution in [2.24, 2.45) is 0 Å². The van der Waals surface area contributed by atoms with Crippen molar-refractivity contribution in [3.05, 3.63) is 60.8 Å². The highest BCUT2D eigenvalue weighted by atomic mass is 16.5. The smallest absolute Gasteiger partial charge is 0.305 e. The zero-order valence-electron chi connectivity index (χ0n) is 46.5. The summed E-state index contributed by atoms with van der Waals surface area (Å²) in [6, 6.07) is -0.638. The van der Waals surface area contributed by atoms with Gasteiger partial charge in [-0.15, -0.1) is 0 Å². The zero-order chi connectivity index (χ0) is 50.7. The molecule has 0 heterocycles. The number of hydrogen-bond acceptors (Lipinski definition) is 5. The molecular formula is C64H117NO5. The molecule has 0 spiro atoms. The summed E-state index contributed by atoms with van der Waals surface area (Å²) in [6.07, 6.45) is 76.8. The Labute approximate surface area is 435 Å². The van der Waals surface area contributed by atoms with Gasteiger partial charge in [0, 0.05) is 12.8 Å². The minimum Gasteiger partial charge on any atom is -0.466 e. The number of ether oxygens (including phenoxy) is 1. The van der Waals surface area contributed by atoms with E-state index in [2.05, 4.69) is 67.8 Å². The summed E-state index contributed by atoms with van der Waals surface area (Å²) in [4.78, 5) is 24.5. The van der Waals surface area contributed by atoms with Crippen molar-refractivity contribution in [3.8, 4) is 0 Å². The second kappa shape index (κ2) is 59.1. The van der Waals surface area contributed by atoms with Crippen LogP contribution in [0.25, 0.3) is 0 Å². The number of rotatable bonds is 56. The van der Waals surface area contributed by atoms with E-state index in [1.165, 1.54) is 193 Å². The highest BCUT2D eigenvalue weighted by Gasteiger charge is 2.18. The standard InChI is InChI=1S/C64H117NO5/c1-3-5-7-9-11-13-15-17-19-20-21-23-26-29-32-36-40-44-48-52-56-62(67)61(60-66)65-63(68)57-53-49-45-41-37-33-30-27-24-22-25-28-31-35-39-43-47-51-55-59-70-64(69)58-54-50-46-42-38-34-18-16-14-12-10-8-6-4-2/h10,12,16,18,28,31,35,39,52,56,61-62,66-67H,3-9,11,13-15,17,19-27,29-30,32-34,36-38,40-51,53-55,57-60H2,1-2H3,(H,65,68)/b12-10-,18-16-,31-28-,39-35-,56-52+. The van der Waals surface area contributed by atoms with Gasteiger partial charge < -0.3 is 20.3 Å². The van der Waals surface area contributed by atoms with Crippen molar-refractivity contribution >= 4 is 11.9 Å². The molecule has 2 unspecified atom stereocenters. The molecule has 1 amide bonds. The summed E-state index contributed by atoms with van der Waals surface area (Å²) < 4.78 is 5.44. The SMILES string of the molecule is CCCC/C=C\C/C=C\CCCCCCCC(=O)OCCCCC/C=C\C=C/CCCCCCCCCCCCC(=O)NC(CO)C(O)/C=C/CCCCCCCCCCCCCCCCCCCC. The third-order valence-corrected chi connectivity index (χ3v) is 13.8. The summed E-state index contributed by atoms with van der Waals surface area (Å²) in [5.74, 6) is -0.106. The van der Waals surface area contributed by atoms with E-state index in [1.807, 2.05) is 6.08 Å². The molecule has 0 aliphatic carbocycles. The number of nitrogens with one attached hydrogen (secondary N) is 1. The van der Waals surface area contributed by atoms with E-state index in [0.29, 0.717) is 19.4 Å². The molecule has 0 aromatic rings. The van der Waals surface area contributed by atoms with Crippen molar-refractivity contribution in [3.63, 3.8) is 0 Å². The van der Waals surface area contributed by atoms with E-state index < -0.39 is 12.1 Å². The molecule has 0 aromatic heterocycles. The van der Waals surface area contributed by atoms with Gasteiger partial charge >= 0.3 is 5.97 Å².